The number of carboxylic acid groups (broad SMARTS) is 1. The Morgan fingerprint density at radius 2 is 2.05 bits per heavy atom. The molecule has 0 saturated heterocycles. The van der Waals surface area contributed by atoms with E-state index in [0.717, 1.165) is 16.2 Å². The van der Waals surface area contributed by atoms with Gasteiger partial charge < -0.3 is 9.84 Å². The first-order chi connectivity index (χ1) is 9.74. The van der Waals surface area contributed by atoms with E-state index in [2.05, 4.69) is 10.3 Å². The summed E-state index contributed by atoms with van der Waals surface area (Å²) in [4.78, 5) is 27.7. The zero-order valence-electron chi connectivity index (χ0n) is 11.7. The highest BCUT2D eigenvalue weighted by atomic mass is 32.1. The second-order valence-corrected chi connectivity index (χ2v) is 7.08. The lowest BCUT2D eigenvalue weighted by molar-refractivity contribution is 0.0634. The van der Waals surface area contributed by atoms with Crippen LogP contribution in [0.5, 0.6) is 0 Å². The Balaban J connectivity index is 2.07. The summed E-state index contributed by atoms with van der Waals surface area (Å²) in [6.07, 6.45) is -0.569. The fourth-order valence-electron chi connectivity index (χ4n) is 1.43. The fraction of sp³-hybridized carbons (Fsp3) is 0.308. The molecule has 0 bridgehead atoms. The molecule has 2 N–H and O–H groups in total. The van der Waals surface area contributed by atoms with Gasteiger partial charge in [0.05, 0.1) is 10.6 Å². The van der Waals surface area contributed by atoms with Crippen LogP contribution in [0.4, 0.5) is 9.93 Å². The van der Waals surface area contributed by atoms with Crippen molar-refractivity contribution in [2.45, 2.75) is 26.4 Å². The van der Waals surface area contributed by atoms with Crippen molar-refractivity contribution in [1.82, 2.24) is 4.98 Å². The van der Waals surface area contributed by atoms with Gasteiger partial charge in [-0.3, -0.25) is 5.32 Å². The summed E-state index contributed by atoms with van der Waals surface area (Å²) in [6.45, 7) is 5.33. The first kappa shape index (κ1) is 15.5. The van der Waals surface area contributed by atoms with Crippen molar-refractivity contribution >= 4 is 39.9 Å². The molecule has 6 nitrogen and oxygen atoms in total. The maximum atomic E-state index is 11.6. The first-order valence-electron chi connectivity index (χ1n) is 6.03. The average molecular weight is 326 g/mol. The van der Waals surface area contributed by atoms with Crippen molar-refractivity contribution in [2.75, 3.05) is 5.32 Å². The molecule has 0 spiro atoms. The SMILES string of the molecule is CC(C)(C)OC(=O)Nc1nc(-c2ccc(C(=O)O)s2)cs1. The molecule has 2 rings (SSSR count). The predicted octanol–water partition coefficient (Wildman–Crippen LogP) is 3.92. The summed E-state index contributed by atoms with van der Waals surface area (Å²) in [5.41, 5.74) is 0.0532. The molecule has 2 aromatic heterocycles. The molecule has 21 heavy (non-hydrogen) atoms. The number of hydrogen-bond acceptors (Lipinski definition) is 6. The summed E-state index contributed by atoms with van der Waals surface area (Å²) < 4.78 is 5.13. The number of amides is 1. The van der Waals surface area contributed by atoms with Gasteiger partial charge in [0.25, 0.3) is 0 Å². The molecule has 0 radical (unpaired) electrons. The molecule has 0 atom stereocenters. The molecular weight excluding hydrogens is 312 g/mol. The summed E-state index contributed by atoms with van der Waals surface area (Å²) in [5.74, 6) is -0.964. The largest absolute Gasteiger partial charge is 0.477 e. The lowest BCUT2D eigenvalue weighted by Crippen LogP contribution is -2.27. The number of nitrogens with zero attached hydrogens (tertiary/aromatic N) is 1. The summed E-state index contributed by atoms with van der Waals surface area (Å²) >= 11 is 2.39. The zero-order valence-corrected chi connectivity index (χ0v) is 13.3. The quantitative estimate of drug-likeness (QED) is 0.892. The van der Waals surface area contributed by atoms with Gasteiger partial charge in [0.2, 0.25) is 0 Å². The Labute approximate surface area is 129 Å². The highest BCUT2D eigenvalue weighted by Crippen LogP contribution is 2.30. The van der Waals surface area contributed by atoms with Crippen molar-refractivity contribution in [1.29, 1.82) is 0 Å². The van der Waals surface area contributed by atoms with Crippen LogP contribution in [0.3, 0.4) is 0 Å². The van der Waals surface area contributed by atoms with E-state index in [1.807, 2.05) is 0 Å². The van der Waals surface area contributed by atoms with Crippen LogP contribution >= 0.6 is 22.7 Å². The van der Waals surface area contributed by atoms with E-state index in [1.165, 1.54) is 17.4 Å². The van der Waals surface area contributed by atoms with Gasteiger partial charge in [0, 0.05) is 5.38 Å². The second-order valence-electron chi connectivity index (χ2n) is 5.13. The van der Waals surface area contributed by atoms with Crippen molar-refractivity contribution in [3.63, 3.8) is 0 Å². The Hall–Kier alpha value is -1.93. The van der Waals surface area contributed by atoms with E-state index in [0.29, 0.717) is 10.8 Å². The summed E-state index contributed by atoms with van der Waals surface area (Å²) in [7, 11) is 0. The Morgan fingerprint density at radius 3 is 2.62 bits per heavy atom. The third kappa shape index (κ3) is 4.27. The number of ether oxygens (including phenoxy) is 1. The maximum Gasteiger partial charge on any atom is 0.413 e. The average Bonchev–Trinajstić information content (AvgIpc) is 2.93. The minimum absolute atomic E-state index is 0.250. The number of carbonyl (C=O) groups excluding carboxylic acids is 1. The van der Waals surface area contributed by atoms with Gasteiger partial charge in [0.15, 0.2) is 5.13 Å². The van der Waals surface area contributed by atoms with E-state index in [1.54, 1.807) is 32.2 Å². The Bertz CT molecular complexity index is 670. The molecule has 112 valence electrons. The van der Waals surface area contributed by atoms with Crippen LogP contribution in [0.25, 0.3) is 10.6 Å². The maximum absolute atomic E-state index is 11.6. The number of rotatable bonds is 3. The number of anilines is 1. The number of carbonyl (C=O) groups is 2. The number of aromatic nitrogens is 1. The van der Waals surface area contributed by atoms with Gasteiger partial charge in [-0.1, -0.05) is 0 Å². The van der Waals surface area contributed by atoms with Crippen LogP contribution in [0.1, 0.15) is 30.4 Å². The first-order valence-corrected chi connectivity index (χ1v) is 7.73. The van der Waals surface area contributed by atoms with Gasteiger partial charge in [-0.15, -0.1) is 22.7 Å². The smallest absolute Gasteiger partial charge is 0.413 e. The van der Waals surface area contributed by atoms with Crippen molar-refractivity contribution < 1.29 is 19.4 Å². The third-order valence-corrected chi connectivity index (χ3v) is 4.03. The lowest BCUT2D eigenvalue weighted by Gasteiger charge is -2.18. The standard InChI is InChI=1S/C13H14N2O4S2/c1-13(2,3)19-12(18)15-11-14-7(6-20-11)8-4-5-9(21-8)10(16)17/h4-6H,1-3H3,(H,16,17)(H,14,15,18). The fourth-order valence-corrected chi connectivity index (χ4v) is 3.00. The molecule has 0 aliphatic rings. The molecule has 2 aromatic rings. The molecule has 8 heteroatoms. The molecule has 0 aliphatic carbocycles. The van der Waals surface area contributed by atoms with Gasteiger partial charge in [-0.25, -0.2) is 14.6 Å². The second kappa shape index (κ2) is 5.82. The normalized spacial score (nSPS) is 11.2. The Morgan fingerprint density at radius 1 is 1.33 bits per heavy atom. The van der Waals surface area contributed by atoms with Crippen LogP contribution in [-0.2, 0) is 4.74 Å². The van der Waals surface area contributed by atoms with Crippen molar-refractivity contribution in [3.8, 4) is 10.6 Å². The van der Waals surface area contributed by atoms with E-state index in [9.17, 15) is 9.59 Å². The van der Waals surface area contributed by atoms with Crippen LogP contribution in [0.2, 0.25) is 0 Å². The topological polar surface area (TPSA) is 88.5 Å². The van der Waals surface area contributed by atoms with E-state index >= 15 is 0 Å². The highest BCUT2D eigenvalue weighted by molar-refractivity contribution is 7.18. The van der Waals surface area contributed by atoms with E-state index in [4.69, 9.17) is 9.84 Å². The van der Waals surface area contributed by atoms with E-state index < -0.39 is 17.7 Å². The van der Waals surface area contributed by atoms with Gasteiger partial charge in [0.1, 0.15) is 10.5 Å². The van der Waals surface area contributed by atoms with Crippen LogP contribution < -0.4 is 5.32 Å². The van der Waals surface area contributed by atoms with Gasteiger partial charge >= 0.3 is 12.1 Å². The van der Waals surface area contributed by atoms with Crippen LogP contribution in [-0.4, -0.2) is 27.8 Å². The molecule has 0 aliphatic heterocycles. The predicted molar refractivity (Wildman–Crippen MR) is 82.2 cm³/mol. The molecular formula is C13H14N2O4S2. The van der Waals surface area contributed by atoms with E-state index in [-0.39, 0.29) is 4.88 Å². The molecule has 0 saturated carbocycles. The number of carboxylic acids is 1. The summed E-state index contributed by atoms with van der Waals surface area (Å²) in [6, 6.07) is 3.23. The van der Waals surface area contributed by atoms with Crippen molar-refractivity contribution in [3.05, 3.63) is 22.4 Å². The Kier molecular flexibility index (Phi) is 4.29. The number of thiophene rings is 1. The number of thiazole rings is 1. The minimum Gasteiger partial charge on any atom is -0.477 e. The molecule has 0 fully saturated rings. The number of hydrogen-bond donors (Lipinski definition) is 2. The monoisotopic (exact) mass is 326 g/mol. The highest BCUT2D eigenvalue weighted by Gasteiger charge is 2.18. The lowest BCUT2D eigenvalue weighted by atomic mass is 10.2. The summed E-state index contributed by atoms with van der Waals surface area (Å²) in [5, 5.41) is 13.6. The number of aromatic carboxylic acids is 1. The third-order valence-electron chi connectivity index (χ3n) is 2.18. The number of nitrogens with one attached hydrogen (secondary N) is 1. The zero-order chi connectivity index (χ0) is 15.6. The molecule has 0 aromatic carbocycles. The van der Waals surface area contributed by atoms with Gasteiger partial charge in [-0.2, -0.15) is 0 Å². The van der Waals surface area contributed by atoms with Crippen molar-refractivity contribution in [2.24, 2.45) is 0 Å². The van der Waals surface area contributed by atoms with Crippen LogP contribution in [0, 0.1) is 0 Å². The van der Waals surface area contributed by atoms with Crippen LogP contribution in [0.15, 0.2) is 17.5 Å². The molecule has 1 amide bonds. The molecule has 0 unspecified atom stereocenters. The molecule has 2 heterocycles. The van der Waals surface area contributed by atoms with Gasteiger partial charge in [-0.05, 0) is 32.9 Å². The minimum atomic E-state index is -0.964.